The Morgan fingerprint density at radius 2 is 1.63 bits per heavy atom. The van der Waals surface area contributed by atoms with Gasteiger partial charge in [0.1, 0.15) is 0 Å². The summed E-state index contributed by atoms with van der Waals surface area (Å²) in [5.74, 6) is -1.79. The van der Waals surface area contributed by atoms with E-state index in [9.17, 15) is 37.5 Å². The Morgan fingerprint density at radius 3 is 2.33 bits per heavy atom. The van der Waals surface area contributed by atoms with Crippen molar-refractivity contribution in [3.8, 4) is 0 Å². The number of piperidine rings is 3. The van der Waals surface area contributed by atoms with Crippen LogP contribution in [0.5, 0.6) is 0 Å². The number of carboxylic acids is 1. The summed E-state index contributed by atoms with van der Waals surface area (Å²) in [6.07, 6.45) is -3.17. The second-order valence-corrected chi connectivity index (χ2v) is 14.5. The zero-order valence-electron chi connectivity index (χ0n) is 28.7. The van der Waals surface area contributed by atoms with E-state index >= 15 is 0 Å². The van der Waals surface area contributed by atoms with Crippen molar-refractivity contribution in [1.82, 2.24) is 19.6 Å². The lowest BCUT2D eigenvalue weighted by molar-refractivity contribution is -0.144. The molecule has 4 aliphatic heterocycles. The topological polar surface area (TPSA) is 149 Å². The minimum absolute atomic E-state index is 0.0347. The molecule has 2 aromatic carbocycles. The second kappa shape index (κ2) is 15.8. The Hall–Kier alpha value is -4.24. The number of likely N-dealkylation sites (tertiary alicyclic amines) is 3. The number of alkyl halides is 3. The largest absolute Gasteiger partial charge is 0.481 e. The van der Waals surface area contributed by atoms with E-state index in [1.54, 1.807) is 9.80 Å². The third-order valence-corrected chi connectivity index (χ3v) is 11.1. The Balaban J connectivity index is 1.12. The number of nitrogens with one attached hydrogen (secondary N) is 1. The smallest absolute Gasteiger partial charge is 0.418 e. The molecule has 4 amide bonds. The molecule has 3 saturated heterocycles. The van der Waals surface area contributed by atoms with Gasteiger partial charge >= 0.3 is 24.3 Å². The van der Waals surface area contributed by atoms with E-state index in [1.807, 2.05) is 24.3 Å². The highest BCUT2D eigenvalue weighted by atomic mass is 35.5. The summed E-state index contributed by atoms with van der Waals surface area (Å²) in [5.41, 5.74) is 5.73. The first-order valence-electron chi connectivity index (χ1n) is 17.8. The number of amides is 4. The molecule has 0 radical (unpaired) electrons. The van der Waals surface area contributed by atoms with E-state index in [0.717, 1.165) is 30.3 Å². The maximum Gasteiger partial charge on any atom is 0.418 e. The lowest BCUT2D eigenvalue weighted by atomic mass is 9.93. The van der Waals surface area contributed by atoms with Crippen LogP contribution >= 0.6 is 11.6 Å². The number of carbonyl (C=O) groups is 4. The zero-order valence-corrected chi connectivity index (χ0v) is 29.5. The van der Waals surface area contributed by atoms with Gasteiger partial charge in [-0.25, -0.2) is 9.59 Å². The van der Waals surface area contributed by atoms with Crippen molar-refractivity contribution in [1.29, 1.82) is 0 Å². The van der Waals surface area contributed by atoms with Crippen LogP contribution in [0.2, 0.25) is 5.02 Å². The Labute approximate surface area is 305 Å². The Kier molecular flexibility index (Phi) is 11.4. The van der Waals surface area contributed by atoms with Crippen LogP contribution in [0.15, 0.2) is 36.4 Å². The molecule has 0 saturated carbocycles. The summed E-state index contributed by atoms with van der Waals surface area (Å²) < 4.78 is 47.3. The number of benzene rings is 2. The van der Waals surface area contributed by atoms with Crippen molar-refractivity contribution >= 4 is 47.0 Å². The number of ether oxygens (including phenoxy) is 1. The number of hydrogen-bond donors (Lipinski definition) is 3. The molecule has 4 aliphatic rings. The van der Waals surface area contributed by atoms with Gasteiger partial charge in [0, 0.05) is 63.5 Å². The first-order chi connectivity index (χ1) is 24.8. The average Bonchev–Trinajstić information content (AvgIpc) is 3.30. The molecule has 12 nitrogen and oxygen atoms in total. The van der Waals surface area contributed by atoms with Gasteiger partial charge in [0.25, 0.3) is 5.91 Å². The summed E-state index contributed by atoms with van der Waals surface area (Å²) in [6.45, 7) is 2.88. The van der Waals surface area contributed by atoms with Crippen LogP contribution in [-0.4, -0.2) is 113 Å². The molecule has 0 spiro atoms. The van der Waals surface area contributed by atoms with Gasteiger partial charge in [-0.05, 0) is 80.8 Å². The number of anilines is 2. The van der Waals surface area contributed by atoms with Crippen LogP contribution in [0.3, 0.4) is 0 Å². The van der Waals surface area contributed by atoms with Crippen LogP contribution in [0.1, 0.15) is 55.2 Å². The number of fused-ring (bicyclic) bond motifs is 1. The SMILES string of the molecule is Nc1c(Cl)cc(C[C@@H](OC(=O)N2CCC(N3CCc4ccccc4NC3=O)CC2)C(=O)N2CCC(N3CCC[C@H](C(=O)O)C3)CC2)cc1C(F)(F)F. The normalized spacial score (nSPS) is 21.6. The number of rotatable bonds is 7. The van der Waals surface area contributed by atoms with Gasteiger partial charge in [-0.2, -0.15) is 13.2 Å². The number of aliphatic carboxylic acids is 1. The molecule has 282 valence electrons. The minimum atomic E-state index is -4.80. The number of halogens is 4. The molecular weight excluding hydrogens is 705 g/mol. The predicted octanol–water partition coefficient (Wildman–Crippen LogP) is 5.33. The lowest BCUT2D eigenvalue weighted by Crippen LogP contribution is -2.53. The Morgan fingerprint density at radius 1 is 0.962 bits per heavy atom. The minimum Gasteiger partial charge on any atom is -0.481 e. The first-order valence-corrected chi connectivity index (χ1v) is 18.2. The number of hydrogen-bond acceptors (Lipinski definition) is 7. The number of nitrogen functional groups attached to an aromatic ring is 1. The summed E-state index contributed by atoms with van der Waals surface area (Å²) >= 11 is 6.10. The number of carbonyl (C=O) groups excluding carboxylic acids is 3. The van der Waals surface area contributed by atoms with Gasteiger partial charge < -0.3 is 35.6 Å². The van der Waals surface area contributed by atoms with Gasteiger partial charge in [-0.15, -0.1) is 0 Å². The molecule has 6 rings (SSSR count). The van der Waals surface area contributed by atoms with Crippen molar-refractivity contribution in [2.24, 2.45) is 5.92 Å². The van der Waals surface area contributed by atoms with Crippen LogP contribution in [0.4, 0.5) is 34.1 Å². The molecule has 0 aromatic heterocycles. The molecular formula is C36H44ClF3N6O6. The molecule has 52 heavy (non-hydrogen) atoms. The van der Waals surface area contributed by atoms with E-state index in [1.165, 1.54) is 11.0 Å². The Bertz CT molecular complexity index is 1660. The van der Waals surface area contributed by atoms with Crippen molar-refractivity contribution in [2.75, 3.05) is 56.9 Å². The first kappa shape index (κ1) is 37.5. The molecule has 0 unspecified atom stereocenters. The van der Waals surface area contributed by atoms with Gasteiger partial charge in [0.2, 0.25) is 0 Å². The molecule has 2 atom stereocenters. The zero-order chi connectivity index (χ0) is 37.2. The summed E-state index contributed by atoms with van der Waals surface area (Å²) in [6, 6.07) is 9.46. The van der Waals surface area contributed by atoms with Gasteiger partial charge in [0.05, 0.1) is 22.2 Å². The lowest BCUT2D eigenvalue weighted by Gasteiger charge is -2.42. The maximum absolute atomic E-state index is 14.0. The fourth-order valence-electron chi connectivity index (χ4n) is 7.91. The van der Waals surface area contributed by atoms with Crippen molar-refractivity contribution in [2.45, 2.75) is 75.7 Å². The quantitative estimate of drug-likeness (QED) is 0.322. The molecule has 3 fully saturated rings. The maximum atomic E-state index is 14.0. The number of nitrogens with two attached hydrogens (primary N) is 1. The highest BCUT2D eigenvalue weighted by molar-refractivity contribution is 6.33. The third kappa shape index (κ3) is 8.52. The van der Waals surface area contributed by atoms with Crippen LogP contribution in [0, 0.1) is 5.92 Å². The van der Waals surface area contributed by atoms with Crippen molar-refractivity contribution < 1.29 is 42.2 Å². The number of urea groups is 1. The van der Waals surface area contributed by atoms with Gasteiger partial charge in [-0.3, -0.25) is 14.5 Å². The van der Waals surface area contributed by atoms with Gasteiger partial charge in [0.15, 0.2) is 6.10 Å². The number of nitrogens with zero attached hydrogens (tertiary/aromatic N) is 4. The summed E-state index contributed by atoms with van der Waals surface area (Å²) in [5, 5.41) is 12.2. The number of carboxylic acid groups (broad SMARTS) is 1. The third-order valence-electron chi connectivity index (χ3n) is 10.8. The summed E-state index contributed by atoms with van der Waals surface area (Å²) in [7, 11) is 0. The van der Waals surface area contributed by atoms with E-state index in [4.69, 9.17) is 22.1 Å². The van der Waals surface area contributed by atoms with Gasteiger partial charge in [-0.1, -0.05) is 29.8 Å². The molecule has 16 heteroatoms. The van der Waals surface area contributed by atoms with E-state index in [-0.39, 0.29) is 48.2 Å². The molecule has 4 heterocycles. The van der Waals surface area contributed by atoms with Crippen molar-refractivity contribution in [3.05, 3.63) is 58.1 Å². The molecule has 2 aromatic rings. The van der Waals surface area contributed by atoms with Crippen LogP contribution in [0.25, 0.3) is 0 Å². The predicted molar refractivity (Wildman–Crippen MR) is 187 cm³/mol. The highest BCUT2D eigenvalue weighted by Crippen LogP contribution is 2.38. The fraction of sp³-hybridized carbons (Fsp3) is 0.556. The van der Waals surface area contributed by atoms with E-state index < -0.39 is 47.4 Å². The molecule has 0 bridgehead atoms. The fourth-order valence-corrected chi connectivity index (χ4v) is 8.15. The monoisotopic (exact) mass is 748 g/mol. The summed E-state index contributed by atoms with van der Waals surface area (Å²) in [4.78, 5) is 59.2. The molecule has 4 N–H and O–H groups in total. The average molecular weight is 749 g/mol. The van der Waals surface area contributed by atoms with E-state index in [0.29, 0.717) is 64.7 Å². The standard InChI is InChI=1S/C36H44ClF3N6O6/c37-28-19-22(18-27(31(28)41)36(38,39)40)20-30(32(47)43-13-8-25(9-14-43)45-12-3-5-24(21-45)33(48)49)52-35(51)44-15-10-26(11-16-44)46-17-7-23-4-1-2-6-29(23)42-34(46)50/h1-2,4,6,18-19,24-26,30H,3,5,7-17,20-21,41H2,(H,42,50)(H,48,49)/t24-,30+/m0/s1. The van der Waals surface area contributed by atoms with Crippen LogP contribution in [-0.2, 0) is 33.3 Å². The van der Waals surface area contributed by atoms with E-state index in [2.05, 4.69) is 10.2 Å². The second-order valence-electron chi connectivity index (χ2n) is 14.1. The van der Waals surface area contributed by atoms with Crippen molar-refractivity contribution in [3.63, 3.8) is 0 Å². The highest BCUT2D eigenvalue weighted by Gasteiger charge is 2.39. The number of para-hydroxylation sites is 1. The molecule has 0 aliphatic carbocycles. The van der Waals surface area contributed by atoms with Crippen LogP contribution < -0.4 is 11.1 Å².